The van der Waals surface area contributed by atoms with Crippen molar-refractivity contribution < 1.29 is 9.53 Å². The Morgan fingerprint density at radius 3 is 3.12 bits per heavy atom. The number of ether oxygens (including phenoxy) is 1. The molecule has 2 aliphatic rings. The number of piperidine rings is 2. The first kappa shape index (κ1) is 17.4. The van der Waals surface area contributed by atoms with Crippen molar-refractivity contribution in [2.75, 3.05) is 39.9 Å². The second-order valence-electron chi connectivity index (χ2n) is 7.72. The summed E-state index contributed by atoms with van der Waals surface area (Å²) in [5.41, 5.74) is 2.40. The van der Waals surface area contributed by atoms with E-state index in [4.69, 9.17) is 4.74 Å². The van der Waals surface area contributed by atoms with Crippen molar-refractivity contribution in [3.8, 4) is 0 Å². The summed E-state index contributed by atoms with van der Waals surface area (Å²) in [4.78, 5) is 21.1. The minimum Gasteiger partial charge on any atom is -0.383 e. The van der Waals surface area contributed by atoms with Crippen LogP contribution < -0.4 is 0 Å². The van der Waals surface area contributed by atoms with Gasteiger partial charge in [-0.3, -0.25) is 9.69 Å². The van der Waals surface area contributed by atoms with Gasteiger partial charge in [0, 0.05) is 51.3 Å². The summed E-state index contributed by atoms with van der Waals surface area (Å²) in [7, 11) is 1.69. The highest BCUT2D eigenvalue weighted by Gasteiger charge is 2.41. The maximum atomic E-state index is 12.2. The number of hydrogen-bond acceptors (Lipinski definition) is 5. The van der Waals surface area contributed by atoms with Crippen molar-refractivity contribution in [3.05, 3.63) is 30.2 Å². The third-order valence-electron chi connectivity index (χ3n) is 5.81. The van der Waals surface area contributed by atoms with E-state index in [9.17, 15) is 4.79 Å². The first-order valence-corrected chi connectivity index (χ1v) is 9.45. The highest BCUT2D eigenvalue weighted by molar-refractivity contribution is 5.77. The average Bonchev–Trinajstić information content (AvgIpc) is 3.11. The van der Waals surface area contributed by atoms with Crippen molar-refractivity contribution in [2.45, 2.75) is 32.2 Å². The van der Waals surface area contributed by atoms with Crippen molar-refractivity contribution in [2.24, 2.45) is 5.41 Å². The van der Waals surface area contributed by atoms with E-state index < -0.39 is 0 Å². The summed E-state index contributed by atoms with van der Waals surface area (Å²) >= 11 is 0. The third-order valence-corrected chi connectivity index (χ3v) is 5.81. The van der Waals surface area contributed by atoms with Gasteiger partial charge in [-0.05, 0) is 43.5 Å². The molecule has 2 fully saturated rings. The number of carbonyl (C=O) groups excluding carboxylic acids is 1. The van der Waals surface area contributed by atoms with E-state index in [2.05, 4.69) is 27.1 Å². The van der Waals surface area contributed by atoms with Crippen LogP contribution in [0.15, 0.2) is 24.7 Å². The number of nitrogens with zero attached hydrogens (tertiary/aromatic N) is 5. The number of rotatable bonds is 5. The number of amides is 1. The topological polar surface area (TPSA) is 63.0 Å². The van der Waals surface area contributed by atoms with E-state index >= 15 is 0 Å². The van der Waals surface area contributed by atoms with Gasteiger partial charge >= 0.3 is 0 Å². The van der Waals surface area contributed by atoms with E-state index in [1.165, 1.54) is 18.4 Å². The molecule has 2 saturated heterocycles. The van der Waals surface area contributed by atoms with Crippen molar-refractivity contribution in [1.29, 1.82) is 0 Å². The van der Waals surface area contributed by atoms with Gasteiger partial charge < -0.3 is 9.64 Å². The molecule has 0 aromatic carbocycles. The van der Waals surface area contributed by atoms with E-state index in [0.717, 1.165) is 38.2 Å². The summed E-state index contributed by atoms with van der Waals surface area (Å²) in [6, 6.07) is 4.24. The maximum Gasteiger partial charge on any atom is 0.222 e. The second-order valence-corrected chi connectivity index (χ2v) is 7.72. The van der Waals surface area contributed by atoms with Crippen molar-refractivity contribution in [3.63, 3.8) is 0 Å². The largest absolute Gasteiger partial charge is 0.383 e. The van der Waals surface area contributed by atoms with Crippen LogP contribution in [-0.2, 0) is 16.1 Å². The molecular formula is C19H27N5O2. The van der Waals surface area contributed by atoms with Crippen LogP contribution >= 0.6 is 0 Å². The fraction of sp³-hybridized carbons (Fsp3) is 0.632. The molecule has 0 radical (unpaired) electrons. The number of aromatic nitrogens is 3. The molecule has 140 valence electrons. The zero-order valence-electron chi connectivity index (χ0n) is 15.4. The summed E-state index contributed by atoms with van der Waals surface area (Å²) in [5, 5.41) is 4.16. The molecule has 0 saturated carbocycles. The molecule has 4 rings (SSSR count). The molecule has 2 aliphatic heterocycles. The van der Waals surface area contributed by atoms with Crippen LogP contribution in [0.5, 0.6) is 0 Å². The quantitative estimate of drug-likeness (QED) is 0.813. The molecule has 2 aromatic rings. The van der Waals surface area contributed by atoms with Crippen LogP contribution in [-0.4, -0.2) is 70.2 Å². The van der Waals surface area contributed by atoms with E-state index in [1.54, 1.807) is 18.0 Å². The first-order chi connectivity index (χ1) is 12.7. The Bertz CT molecular complexity index is 776. The summed E-state index contributed by atoms with van der Waals surface area (Å²) in [5.74, 6) is 0.280. The van der Waals surface area contributed by atoms with Gasteiger partial charge in [0.1, 0.15) is 6.33 Å². The van der Waals surface area contributed by atoms with Gasteiger partial charge in [-0.1, -0.05) is 0 Å². The van der Waals surface area contributed by atoms with Crippen LogP contribution in [0.3, 0.4) is 0 Å². The van der Waals surface area contributed by atoms with Gasteiger partial charge in [-0.25, -0.2) is 9.50 Å². The molecule has 7 nitrogen and oxygen atoms in total. The van der Waals surface area contributed by atoms with Gasteiger partial charge in [0.05, 0.1) is 6.61 Å². The molecule has 1 unspecified atom stereocenters. The summed E-state index contributed by atoms with van der Waals surface area (Å²) in [6.07, 6.45) is 7.65. The number of carbonyl (C=O) groups is 1. The standard InChI is InChI=1S/C19H27N5O2/c1-26-10-9-23-14-19(6-3-18(23)25)5-2-7-22(13-19)12-16-4-8-24-17(11-16)20-15-21-24/h4,8,11,15H,2-3,5-7,9-10,12-14H2,1H3. The lowest BCUT2D eigenvalue weighted by Gasteiger charge is -2.48. The zero-order chi connectivity index (χ0) is 18.0. The summed E-state index contributed by atoms with van der Waals surface area (Å²) in [6.45, 7) is 5.30. The predicted molar refractivity (Wildman–Crippen MR) is 97.6 cm³/mol. The maximum absolute atomic E-state index is 12.2. The van der Waals surface area contributed by atoms with Crippen molar-refractivity contribution in [1.82, 2.24) is 24.4 Å². The molecule has 1 atom stereocenters. The Hall–Kier alpha value is -1.99. The van der Waals surface area contributed by atoms with E-state index in [-0.39, 0.29) is 11.3 Å². The fourth-order valence-electron chi connectivity index (χ4n) is 4.50. The molecular weight excluding hydrogens is 330 g/mol. The molecule has 26 heavy (non-hydrogen) atoms. The minimum absolute atomic E-state index is 0.235. The lowest BCUT2D eigenvalue weighted by atomic mass is 9.73. The third kappa shape index (κ3) is 3.59. The van der Waals surface area contributed by atoms with Crippen LogP contribution in [0.1, 0.15) is 31.2 Å². The van der Waals surface area contributed by atoms with Crippen molar-refractivity contribution >= 4 is 11.6 Å². The molecule has 0 bridgehead atoms. The van der Waals surface area contributed by atoms with Gasteiger partial charge in [-0.15, -0.1) is 0 Å². The predicted octanol–water partition coefficient (Wildman–Crippen LogP) is 1.58. The number of fused-ring (bicyclic) bond motifs is 1. The first-order valence-electron chi connectivity index (χ1n) is 9.45. The number of pyridine rings is 1. The Balaban J connectivity index is 1.43. The number of methoxy groups -OCH3 is 1. The van der Waals surface area contributed by atoms with E-state index in [0.29, 0.717) is 19.6 Å². The normalized spacial score (nSPS) is 24.7. The van der Waals surface area contributed by atoms with Crippen LogP contribution in [0.4, 0.5) is 0 Å². The Kier molecular flexibility index (Phi) is 4.91. The molecule has 1 spiro atoms. The fourth-order valence-corrected chi connectivity index (χ4v) is 4.50. The Morgan fingerprint density at radius 2 is 2.23 bits per heavy atom. The molecule has 7 heteroatoms. The minimum atomic E-state index is 0.235. The lowest BCUT2D eigenvalue weighted by Crippen LogP contribution is -2.54. The monoisotopic (exact) mass is 357 g/mol. The lowest BCUT2D eigenvalue weighted by molar-refractivity contribution is -0.140. The second kappa shape index (κ2) is 7.32. The molecule has 0 aliphatic carbocycles. The molecule has 1 amide bonds. The Labute approximate surface area is 153 Å². The van der Waals surface area contributed by atoms with Gasteiger partial charge in [-0.2, -0.15) is 5.10 Å². The van der Waals surface area contributed by atoms with Gasteiger partial charge in [0.2, 0.25) is 5.91 Å². The smallest absolute Gasteiger partial charge is 0.222 e. The van der Waals surface area contributed by atoms with Crippen LogP contribution in [0.2, 0.25) is 0 Å². The molecule has 2 aromatic heterocycles. The van der Waals surface area contributed by atoms with E-state index in [1.807, 2.05) is 11.1 Å². The van der Waals surface area contributed by atoms with Crippen LogP contribution in [0, 0.1) is 5.41 Å². The number of likely N-dealkylation sites (tertiary alicyclic amines) is 2. The van der Waals surface area contributed by atoms with Crippen LogP contribution in [0.25, 0.3) is 5.65 Å². The SMILES string of the molecule is COCCN1CC2(CCCN(Cc3ccn4ncnc4c3)C2)CCC1=O. The Morgan fingerprint density at radius 1 is 1.31 bits per heavy atom. The molecule has 4 heterocycles. The number of hydrogen-bond donors (Lipinski definition) is 0. The van der Waals surface area contributed by atoms with Gasteiger partial charge in [0.25, 0.3) is 0 Å². The zero-order valence-corrected chi connectivity index (χ0v) is 15.4. The summed E-state index contributed by atoms with van der Waals surface area (Å²) < 4.78 is 6.97. The highest BCUT2D eigenvalue weighted by atomic mass is 16.5. The highest BCUT2D eigenvalue weighted by Crippen LogP contribution is 2.39. The van der Waals surface area contributed by atoms with Gasteiger partial charge in [0.15, 0.2) is 5.65 Å². The average molecular weight is 357 g/mol. The molecule has 0 N–H and O–H groups in total.